The lowest BCUT2D eigenvalue weighted by Crippen LogP contribution is -2.52. The number of carbonyl (C=O) groups excluding carboxylic acids is 1. The highest BCUT2D eigenvalue weighted by molar-refractivity contribution is 5.92. The zero-order valence-corrected chi connectivity index (χ0v) is 20.4. The third-order valence-electron chi connectivity index (χ3n) is 10.4. The summed E-state index contributed by atoms with van der Waals surface area (Å²) in [5.74, 6) is 4.31. The number of nitriles is 1. The van der Waals surface area contributed by atoms with Crippen molar-refractivity contribution in [2.75, 3.05) is 0 Å². The normalized spacial score (nSPS) is 42.9. The van der Waals surface area contributed by atoms with Crippen LogP contribution >= 0.6 is 0 Å². The molecule has 1 aromatic heterocycles. The van der Waals surface area contributed by atoms with E-state index in [1.54, 1.807) is 12.1 Å². The number of nitrogens with one attached hydrogen (secondary N) is 1. The Morgan fingerprint density at radius 2 is 1.91 bits per heavy atom. The number of hydrogen-bond donors (Lipinski definition) is 2. The quantitative estimate of drug-likeness (QED) is 0.673. The topological polar surface area (TPSA) is 86.0 Å². The van der Waals surface area contributed by atoms with Crippen LogP contribution in [0.3, 0.4) is 0 Å². The number of hydrogen-bond acceptors (Lipinski definition) is 4. The van der Waals surface area contributed by atoms with Gasteiger partial charge < -0.3 is 10.4 Å². The second-order valence-corrected chi connectivity index (χ2v) is 12.2. The van der Waals surface area contributed by atoms with Gasteiger partial charge in [0.25, 0.3) is 5.91 Å². The van der Waals surface area contributed by atoms with E-state index in [9.17, 15) is 9.90 Å². The number of carbonyl (C=O) groups is 1. The van der Waals surface area contributed by atoms with Crippen LogP contribution in [0.1, 0.15) is 94.6 Å². The van der Waals surface area contributed by atoms with E-state index in [0.29, 0.717) is 22.6 Å². The second-order valence-electron chi connectivity index (χ2n) is 12.2. The molecule has 0 saturated heterocycles. The molecule has 5 heteroatoms. The summed E-state index contributed by atoms with van der Waals surface area (Å²) >= 11 is 0. The van der Waals surface area contributed by atoms with Crippen LogP contribution in [-0.4, -0.2) is 27.6 Å². The molecular weight excluding hydrogens is 410 g/mol. The molecule has 0 aromatic carbocycles. The molecule has 5 nitrogen and oxygen atoms in total. The highest BCUT2D eigenvalue weighted by atomic mass is 16.3. The van der Waals surface area contributed by atoms with Gasteiger partial charge in [0.15, 0.2) is 0 Å². The van der Waals surface area contributed by atoms with Crippen molar-refractivity contribution in [3.05, 3.63) is 29.6 Å². The molecule has 33 heavy (non-hydrogen) atoms. The minimum Gasteiger partial charge on any atom is -0.390 e. The SMILES string of the molecule is C[C@@H](NC(=O)c1ccc(C#N)cn1)C1CC[C@H]2[C@@H]3CC[C@@H]4C[C@](C)(O)CC[C@@H]4[C@H]3CC[C@]12C. The number of rotatable bonds is 3. The lowest BCUT2D eigenvalue weighted by Gasteiger charge is -2.57. The summed E-state index contributed by atoms with van der Waals surface area (Å²) in [6, 6.07) is 5.46. The lowest BCUT2D eigenvalue weighted by molar-refractivity contribution is -0.101. The van der Waals surface area contributed by atoms with Crippen LogP contribution in [0.5, 0.6) is 0 Å². The summed E-state index contributed by atoms with van der Waals surface area (Å²) in [5, 5.41) is 22.8. The van der Waals surface area contributed by atoms with Crippen molar-refractivity contribution in [3.8, 4) is 6.07 Å². The van der Waals surface area contributed by atoms with Gasteiger partial charge in [-0.25, -0.2) is 4.98 Å². The number of pyridine rings is 1. The number of nitrogens with zero attached hydrogens (tertiary/aromatic N) is 2. The number of amides is 1. The summed E-state index contributed by atoms with van der Waals surface area (Å²) < 4.78 is 0. The predicted molar refractivity (Wildman–Crippen MR) is 127 cm³/mol. The van der Waals surface area contributed by atoms with Crippen molar-refractivity contribution < 1.29 is 9.90 Å². The third-order valence-corrected chi connectivity index (χ3v) is 10.4. The largest absolute Gasteiger partial charge is 0.390 e. The molecule has 4 aliphatic rings. The highest BCUT2D eigenvalue weighted by Crippen LogP contribution is 2.65. The molecule has 1 unspecified atom stereocenters. The van der Waals surface area contributed by atoms with Crippen LogP contribution in [0.4, 0.5) is 0 Å². The smallest absolute Gasteiger partial charge is 0.270 e. The maximum absolute atomic E-state index is 12.8. The molecule has 1 heterocycles. The van der Waals surface area contributed by atoms with Crippen molar-refractivity contribution in [2.45, 2.75) is 90.2 Å². The van der Waals surface area contributed by atoms with Crippen LogP contribution in [0.15, 0.2) is 18.3 Å². The molecule has 4 fully saturated rings. The summed E-state index contributed by atoms with van der Waals surface area (Å²) in [7, 11) is 0. The van der Waals surface area contributed by atoms with E-state index in [-0.39, 0.29) is 11.9 Å². The van der Waals surface area contributed by atoms with E-state index in [1.165, 1.54) is 51.1 Å². The highest BCUT2D eigenvalue weighted by Gasteiger charge is 2.58. The van der Waals surface area contributed by atoms with Gasteiger partial charge in [0.2, 0.25) is 0 Å². The Labute approximate surface area is 198 Å². The van der Waals surface area contributed by atoms with Gasteiger partial charge in [-0.2, -0.15) is 5.26 Å². The Morgan fingerprint density at radius 3 is 2.64 bits per heavy atom. The molecule has 4 aliphatic carbocycles. The van der Waals surface area contributed by atoms with Gasteiger partial charge in [0.05, 0.1) is 11.2 Å². The zero-order valence-electron chi connectivity index (χ0n) is 20.4. The van der Waals surface area contributed by atoms with Crippen molar-refractivity contribution in [2.24, 2.45) is 40.9 Å². The number of aromatic nitrogens is 1. The first-order valence-corrected chi connectivity index (χ1v) is 13.1. The maximum atomic E-state index is 12.8. The average molecular weight is 450 g/mol. The monoisotopic (exact) mass is 449 g/mol. The Bertz CT molecular complexity index is 935. The van der Waals surface area contributed by atoms with Gasteiger partial charge in [0.1, 0.15) is 11.8 Å². The fourth-order valence-electron chi connectivity index (χ4n) is 8.92. The third kappa shape index (κ3) is 3.99. The Hall–Kier alpha value is -1.93. The summed E-state index contributed by atoms with van der Waals surface area (Å²) in [6.07, 6.45) is 12.3. The number of aliphatic hydroxyl groups is 1. The van der Waals surface area contributed by atoms with Gasteiger partial charge in [-0.15, -0.1) is 0 Å². The van der Waals surface area contributed by atoms with E-state index in [2.05, 4.69) is 30.2 Å². The van der Waals surface area contributed by atoms with E-state index in [1.807, 2.05) is 6.92 Å². The van der Waals surface area contributed by atoms with Crippen molar-refractivity contribution in [1.29, 1.82) is 5.26 Å². The Balaban J connectivity index is 1.27. The minimum atomic E-state index is -0.451. The lowest BCUT2D eigenvalue weighted by atomic mass is 9.49. The van der Waals surface area contributed by atoms with E-state index >= 15 is 0 Å². The first kappa shape index (κ1) is 22.8. The van der Waals surface area contributed by atoms with Crippen molar-refractivity contribution in [3.63, 3.8) is 0 Å². The molecule has 5 rings (SSSR count). The zero-order chi connectivity index (χ0) is 23.4. The summed E-state index contributed by atoms with van der Waals surface area (Å²) in [5.41, 5.74) is 0.695. The molecule has 0 spiro atoms. The second kappa shape index (κ2) is 8.38. The van der Waals surface area contributed by atoms with Gasteiger partial charge in [-0.05, 0) is 125 Å². The molecule has 0 bridgehead atoms. The molecule has 9 atom stereocenters. The van der Waals surface area contributed by atoms with Crippen LogP contribution in [0, 0.1) is 52.3 Å². The van der Waals surface area contributed by atoms with Crippen LogP contribution in [0.2, 0.25) is 0 Å². The van der Waals surface area contributed by atoms with Crippen molar-refractivity contribution >= 4 is 5.91 Å². The molecule has 4 saturated carbocycles. The minimum absolute atomic E-state index is 0.114. The Kier molecular flexibility index (Phi) is 5.80. The van der Waals surface area contributed by atoms with Crippen LogP contribution in [-0.2, 0) is 0 Å². The average Bonchev–Trinajstić information content (AvgIpc) is 3.15. The predicted octanol–water partition coefficient (Wildman–Crippen LogP) is 5.09. The van der Waals surface area contributed by atoms with E-state index < -0.39 is 5.60 Å². The van der Waals surface area contributed by atoms with Crippen LogP contribution < -0.4 is 5.32 Å². The summed E-state index contributed by atoms with van der Waals surface area (Å²) in [4.78, 5) is 17.0. The standard InChI is InChI=1S/C28H39N3O2/c1-17(31-26(32)25-9-4-18(15-29)16-30-25)23-7-8-24-22-6-5-19-14-27(2,33)12-10-20(19)21(22)11-13-28(23,24)3/h4,9,16-17,19-24,33H,5-8,10-14H2,1-3H3,(H,31,32)/t17-,19-,20+,21-,22-,23?,24+,27-,28-/m1/s1. The van der Waals surface area contributed by atoms with Gasteiger partial charge in [-0.1, -0.05) is 6.92 Å². The molecule has 1 amide bonds. The molecule has 178 valence electrons. The fraction of sp³-hybridized carbons (Fsp3) is 0.750. The fourth-order valence-corrected chi connectivity index (χ4v) is 8.92. The van der Waals surface area contributed by atoms with E-state index in [0.717, 1.165) is 42.4 Å². The van der Waals surface area contributed by atoms with E-state index in [4.69, 9.17) is 5.26 Å². The van der Waals surface area contributed by atoms with Crippen molar-refractivity contribution in [1.82, 2.24) is 10.3 Å². The number of fused-ring (bicyclic) bond motifs is 5. The van der Waals surface area contributed by atoms with Gasteiger partial charge in [0, 0.05) is 12.2 Å². The van der Waals surface area contributed by atoms with Crippen LogP contribution in [0.25, 0.3) is 0 Å². The molecular formula is C28H39N3O2. The van der Waals surface area contributed by atoms with Gasteiger partial charge in [-0.3, -0.25) is 4.79 Å². The molecule has 2 N–H and O–H groups in total. The molecule has 0 aliphatic heterocycles. The molecule has 0 radical (unpaired) electrons. The summed E-state index contributed by atoms with van der Waals surface area (Å²) in [6.45, 7) is 6.72. The van der Waals surface area contributed by atoms with Gasteiger partial charge >= 0.3 is 0 Å². The first-order valence-electron chi connectivity index (χ1n) is 13.1. The first-order chi connectivity index (χ1) is 15.7. The maximum Gasteiger partial charge on any atom is 0.270 e. The molecule has 1 aromatic rings. The Morgan fingerprint density at radius 1 is 1.12 bits per heavy atom.